The van der Waals surface area contributed by atoms with Crippen LogP contribution in [0.5, 0.6) is 23.0 Å². The fourth-order valence-corrected chi connectivity index (χ4v) is 9.37. The fraction of sp³-hybridized carbons (Fsp3) is 0.447. The van der Waals surface area contributed by atoms with Gasteiger partial charge in [0.1, 0.15) is 30.8 Å². The third-order valence-electron chi connectivity index (χ3n) is 12.2. The van der Waals surface area contributed by atoms with Crippen LogP contribution in [0.3, 0.4) is 0 Å². The Hall–Kier alpha value is -5.90. The number of allylic oxidation sites excluding steroid dienone is 1. The molecule has 4 aliphatic rings. The number of carbonyl (C=O) groups excluding carboxylic acids is 1. The molecular weight excluding hydrogens is 797 g/mol. The number of nitro groups is 1. The lowest BCUT2D eigenvalue weighted by atomic mass is 9.55. The summed E-state index contributed by atoms with van der Waals surface area (Å²) in [5.41, 5.74) is 3.92. The molecule has 3 aromatic rings. The monoisotopic (exact) mass is 852 g/mol. The molecule has 2 aliphatic carbocycles. The van der Waals surface area contributed by atoms with Crippen LogP contribution in [0, 0.1) is 27.9 Å². The Balaban J connectivity index is 1.34. The van der Waals surface area contributed by atoms with E-state index in [-0.39, 0.29) is 75.7 Å². The molecule has 0 saturated heterocycles. The lowest BCUT2D eigenvalue weighted by Crippen LogP contribution is -2.70. The van der Waals surface area contributed by atoms with Crippen molar-refractivity contribution >= 4 is 17.4 Å². The number of oxime groups is 1. The van der Waals surface area contributed by atoms with Gasteiger partial charge in [0.05, 0.1) is 23.2 Å². The molecule has 3 N–H and O–H groups in total. The zero-order valence-corrected chi connectivity index (χ0v) is 35.1. The topological polar surface area (TPSA) is 184 Å². The number of nitrogens with one attached hydrogen (secondary N) is 1. The van der Waals surface area contributed by atoms with Gasteiger partial charge in [-0.15, -0.1) is 6.58 Å². The van der Waals surface area contributed by atoms with Crippen molar-refractivity contribution in [3.05, 3.63) is 124 Å². The minimum Gasteiger partial charge on any atom is -0.490 e. The van der Waals surface area contributed by atoms with Crippen molar-refractivity contribution in [2.45, 2.75) is 75.8 Å². The quantitative estimate of drug-likeness (QED) is 0.0416. The molecule has 2 heterocycles. The number of ether oxygens (including phenoxy) is 5. The van der Waals surface area contributed by atoms with Gasteiger partial charge in [-0.1, -0.05) is 48.9 Å². The van der Waals surface area contributed by atoms with Crippen molar-refractivity contribution in [3.8, 4) is 23.0 Å². The van der Waals surface area contributed by atoms with E-state index in [2.05, 4.69) is 24.6 Å². The number of hydrogen-bond acceptors (Lipinski definition) is 12. The van der Waals surface area contributed by atoms with Crippen LogP contribution >= 0.6 is 0 Å². The number of likely N-dealkylation sites (N-methyl/N-ethyl adjacent to an activating group) is 1. The number of rotatable bonds is 21. The Labute approximate surface area is 361 Å². The van der Waals surface area contributed by atoms with Crippen molar-refractivity contribution in [3.63, 3.8) is 0 Å². The summed E-state index contributed by atoms with van der Waals surface area (Å²) in [7, 11) is 1.72. The summed E-state index contributed by atoms with van der Waals surface area (Å²) in [6.45, 7) is 8.80. The summed E-state index contributed by atoms with van der Waals surface area (Å²) < 4.78 is 31.3. The number of unbranched alkanes of at least 4 members (excludes halogenated alkanes) is 2. The van der Waals surface area contributed by atoms with E-state index in [0.717, 1.165) is 42.4 Å². The number of hydrogen-bond donors (Lipinski definition) is 3. The highest BCUT2D eigenvalue weighted by atomic mass is 16.7. The van der Waals surface area contributed by atoms with Gasteiger partial charge in [-0.3, -0.25) is 10.1 Å². The first-order chi connectivity index (χ1) is 30.2. The number of aliphatic hydroxyl groups is 2. The summed E-state index contributed by atoms with van der Waals surface area (Å²) in [5, 5.41) is 39.0. The first-order valence-electron chi connectivity index (χ1n) is 21.3. The van der Waals surface area contributed by atoms with E-state index in [9.17, 15) is 25.1 Å². The first-order valence-corrected chi connectivity index (χ1v) is 21.3. The highest BCUT2D eigenvalue weighted by molar-refractivity contribution is 6.03. The number of amides is 2. The zero-order valence-electron chi connectivity index (χ0n) is 35.1. The third kappa shape index (κ3) is 9.44. The van der Waals surface area contributed by atoms with Gasteiger partial charge < -0.3 is 49.0 Å². The average Bonchev–Trinajstić information content (AvgIpc) is 3.76. The van der Waals surface area contributed by atoms with E-state index in [1.807, 2.05) is 36.4 Å². The highest BCUT2D eigenvalue weighted by Gasteiger charge is 2.65. The van der Waals surface area contributed by atoms with Gasteiger partial charge in [0.25, 0.3) is 5.69 Å². The predicted molar refractivity (Wildman–Crippen MR) is 231 cm³/mol. The second-order valence-electron chi connectivity index (χ2n) is 16.0. The molecule has 6 unspecified atom stereocenters. The minimum absolute atomic E-state index is 0.0271. The van der Waals surface area contributed by atoms with Gasteiger partial charge >= 0.3 is 6.03 Å². The van der Waals surface area contributed by atoms with Crippen molar-refractivity contribution in [2.75, 3.05) is 40.3 Å². The first kappa shape index (κ1) is 44.2. The molecule has 3 aromatic carbocycles. The Morgan fingerprint density at radius 1 is 0.968 bits per heavy atom. The van der Waals surface area contributed by atoms with Crippen LogP contribution in [0.1, 0.15) is 67.6 Å². The van der Waals surface area contributed by atoms with Crippen LogP contribution in [0.4, 0.5) is 10.5 Å². The van der Waals surface area contributed by atoms with Crippen LogP contribution in [-0.4, -0.2) is 83.9 Å². The molecule has 330 valence electrons. The molecule has 15 nitrogen and oxygen atoms in total. The number of benzene rings is 3. The standard InChI is InChI=1S/C47H56N4O11/c1-4-22-57-35-17-19-40-38(26-35)44-36(11-7-9-21-53)33(10-6-8-20-52)25-37-39(49-61-29-31-12-15-34(16-13-31)51(55)56)27-43(47(62-40,45(37)44)60-23-5-2)50(3)46(54)48-28-32-14-18-41-42(24-32)59-30-58-41/h4-5,12-19,24-26,33,36,43-45,52-53H,1-2,6-11,20-23,27-30H2,3H3,(H,48,54). The molecular formula is C47H56N4O11. The molecule has 1 fully saturated rings. The Morgan fingerprint density at radius 2 is 1.69 bits per heavy atom. The van der Waals surface area contributed by atoms with Crippen LogP contribution in [0.15, 0.2) is 103 Å². The molecule has 2 aliphatic heterocycles. The number of aliphatic hydroxyl groups excluding tert-OH is 2. The van der Waals surface area contributed by atoms with Gasteiger partial charge in [0, 0.05) is 56.8 Å². The van der Waals surface area contributed by atoms with Gasteiger partial charge in [0.15, 0.2) is 11.5 Å². The SMILES string of the molecule is C=CCOc1ccc2c(c1)C1C(CCCCO)C(CCCCO)C=C3C(=NOCc4ccc([N+](=O)[O-])cc4)CC(N(C)C(=O)NCc4ccc5c(c4)OCO5)C(OCC=C)(O2)C31. The van der Waals surface area contributed by atoms with Crippen LogP contribution in [-0.2, 0) is 22.7 Å². The van der Waals surface area contributed by atoms with Gasteiger partial charge in [0.2, 0.25) is 12.6 Å². The number of non-ortho nitro benzene ring substituents is 1. The number of fused-ring (bicyclic) bond motifs is 3. The Morgan fingerprint density at radius 3 is 2.44 bits per heavy atom. The molecule has 15 heteroatoms. The molecule has 0 aromatic heterocycles. The molecule has 2 amide bonds. The third-order valence-corrected chi connectivity index (χ3v) is 12.2. The summed E-state index contributed by atoms with van der Waals surface area (Å²) >= 11 is 0. The number of nitrogens with zero attached hydrogens (tertiary/aromatic N) is 3. The lowest BCUT2D eigenvalue weighted by Gasteiger charge is -2.59. The van der Waals surface area contributed by atoms with Gasteiger partial charge in [-0.25, -0.2) is 4.79 Å². The summed E-state index contributed by atoms with van der Waals surface area (Å²) in [6, 6.07) is 16.3. The number of nitro benzene ring substituents is 1. The van der Waals surface area contributed by atoms with Gasteiger partial charge in [-0.05, 0) is 96.7 Å². The minimum atomic E-state index is -1.44. The lowest BCUT2D eigenvalue weighted by molar-refractivity contribution is -0.384. The molecule has 0 spiro atoms. The zero-order chi connectivity index (χ0) is 43.6. The summed E-state index contributed by atoms with van der Waals surface area (Å²) in [4.78, 5) is 33.0. The summed E-state index contributed by atoms with van der Waals surface area (Å²) in [5.74, 6) is 0.411. The van der Waals surface area contributed by atoms with Crippen molar-refractivity contribution in [2.24, 2.45) is 22.9 Å². The van der Waals surface area contributed by atoms with Crippen LogP contribution < -0.4 is 24.3 Å². The molecule has 1 saturated carbocycles. The average molecular weight is 853 g/mol. The number of carbonyl (C=O) groups is 1. The van der Waals surface area contributed by atoms with E-state index in [1.54, 1.807) is 36.2 Å². The maximum absolute atomic E-state index is 14.4. The Kier molecular flexibility index (Phi) is 14.5. The second kappa shape index (κ2) is 20.3. The van der Waals surface area contributed by atoms with Crippen LogP contribution in [0.2, 0.25) is 0 Å². The Bertz CT molecular complexity index is 2140. The highest BCUT2D eigenvalue weighted by Crippen LogP contribution is 2.61. The fourth-order valence-electron chi connectivity index (χ4n) is 9.37. The molecule has 62 heavy (non-hydrogen) atoms. The second-order valence-corrected chi connectivity index (χ2v) is 16.0. The van der Waals surface area contributed by atoms with E-state index in [1.165, 1.54) is 12.1 Å². The van der Waals surface area contributed by atoms with Crippen LogP contribution in [0.25, 0.3) is 0 Å². The van der Waals surface area contributed by atoms with Crippen molar-refractivity contribution < 1.29 is 48.5 Å². The van der Waals surface area contributed by atoms with Gasteiger partial charge in [-0.2, -0.15) is 0 Å². The normalized spacial score (nSPS) is 23.6. The van der Waals surface area contributed by atoms with Crippen molar-refractivity contribution in [1.29, 1.82) is 0 Å². The predicted octanol–water partition coefficient (Wildman–Crippen LogP) is 7.56. The van der Waals surface area contributed by atoms with E-state index >= 15 is 0 Å². The van der Waals surface area contributed by atoms with E-state index in [0.29, 0.717) is 53.7 Å². The maximum atomic E-state index is 14.4. The smallest absolute Gasteiger partial charge is 0.317 e. The van der Waals surface area contributed by atoms with E-state index < -0.39 is 22.7 Å². The largest absolute Gasteiger partial charge is 0.490 e. The maximum Gasteiger partial charge on any atom is 0.317 e. The molecule has 0 radical (unpaired) electrons. The van der Waals surface area contributed by atoms with E-state index in [4.69, 9.17) is 33.7 Å². The molecule has 0 bridgehead atoms. The summed E-state index contributed by atoms with van der Waals surface area (Å²) in [6.07, 6.45) is 10.3. The van der Waals surface area contributed by atoms with Crippen molar-refractivity contribution in [1.82, 2.24) is 10.2 Å². The molecule has 6 atom stereocenters. The molecule has 7 rings (SSSR count). The number of urea groups is 1.